The first-order valence-corrected chi connectivity index (χ1v) is 14.8. The summed E-state index contributed by atoms with van der Waals surface area (Å²) in [6, 6.07) is 49.1. The third-order valence-electron chi connectivity index (χ3n) is 8.41. The number of nitrogens with zero attached hydrogens (tertiary/aromatic N) is 2. The van der Waals surface area contributed by atoms with Crippen LogP contribution in [0.3, 0.4) is 0 Å². The summed E-state index contributed by atoms with van der Waals surface area (Å²) >= 11 is 0. The largest absolute Gasteiger partial charge is 0.455 e. The SMILES string of the molecule is CC(C)c1cc(-c2ccccc2)ccc1-n1c(-c2cccc3c2oc2cc(-c4ccccc4)ccc23)nc2ccccc21. The first-order valence-electron chi connectivity index (χ1n) is 14.8. The summed E-state index contributed by atoms with van der Waals surface area (Å²) in [6.45, 7) is 4.52. The Balaban J connectivity index is 1.37. The lowest BCUT2D eigenvalue weighted by Crippen LogP contribution is -2.04. The second-order valence-electron chi connectivity index (χ2n) is 11.4. The first kappa shape index (κ1) is 25.3. The molecule has 0 unspecified atom stereocenters. The maximum absolute atomic E-state index is 6.69. The highest BCUT2D eigenvalue weighted by Crippen LogP contribution is 2.40. The molecule has 43 heavy (non-hydrogen) atoms. The molecule has 0 saturated carbocycles. The minimum absolute atomic E-state index is 0.311. The third kappa shape index (κ3) is 4.24. The summed E-state index contributed by atoms with van der Waals surface area (Å²) in [5.41, 5.74) is 11.9. The summed E-state index contributed by atoms with van der Waals surface area (Å²) < 4.78 is 9.00. The molecule has 8 aromatic rings. The van der Waals surface area contributed by atoms with Gasteiger partial charge in [-0.15, -0.1) is 0 Å². The van der Waals surface area contributed by atoms with Crippen LogP contribution in [0.1, 0.15) is 25.3 Å². The molecule has 0 N–H and O–H groups in total. The van der Waals surface area contributed by atoms with Gasteiger partial charge < -0.3 is 4.42 Å². The van der Waals surface area contributed by atoms with Gasteiger partial charge in [0.15, 0.2) is 0 Å². The number of para-hydroxylation sites is 3. The van der Waals surface area contributed by atoms with Gasteiger partial charge in [0.05, 0.1) is 22.3 Å². The zero-order chi connectivity index (χ0) is 28.9. The molecule has 0 aliphatic heterocycles. The molecule has 0 aliphatic carbocycles. The smallest absolute Gasteiger partial charge is 0.149 e. The highest BCUT2D eigenvalue weighted by atomic mass is 16.3. The summed E-state index contributed by atoms with van der Waals surface area (Å²) in [4.78, 5) is 5.23. The number of imidazole rings is 1. The molecule has 0 saturated heterocycles. The standard InChI is InChI=1S/C40H30N2O/c1-26(2)34-24-29(27-12-5-3-6-13-27)21-23-36(34)42-37-19-10-9-18-35(37)41-40(42)33-17-11-16-32-31-22-20-30(25-38(31)43-39(32)33)28-14-7-4-8-15-28/h3-26H,1-2H3. The van der Waals surface area contributed by atoms with Crippen molar-refractivity contribution < 1.29 is 4.42 Å². The van der Waals surface area contributed by atoms with Gasteiger partial charge in [0, 0.05) is 10.8 Å². The summed E-state index contributed by atoms with van der Waals surface area (Å²) in [6.07, 6.45) is 0. The third-order valence-corrected chi connectivity index (χ3v) is 8.41. The fourth-order valence-corrected chi connectivity index (χ4v) is 6.27. The van der Waals surface area contributed by atoms with E-state index in [2.05, 4.69) is 152 Å². The Morgan fingerprint density at radius 3 is 2.00 bits per heavy atom. The number of fused-ring (bicyclic) bond motifs is 4. The lowest BCUT2D eigenvalue weighted by atomic mass is 9.95. The van der Waals surface area contributed by atoms with Crippen molar-refractivity contribution >= 4 is 33.0 Å². The lowest BCUT2D eigenvalue weighted by Gasteiger charge is -2.18. The molecule has 2 aromatic heterocycles. The molecular weight excluding hydrogens is 524 g/mol. The number of hydrogen-bond donors (Lipinski definition) is 0. The van der Waals surface area contributed by atoms with E-state index in [0.717, 1.165) is 55.6 Å². The molecular formula is C40H30N2O. The Morgan fingerprint density at radius 1 is 0.581 bits per heavy atom. The second kappa shape index (κ2) is 10.1. The number of hydrogen-bond acceptors (Lipinski definition) is 2. The zero-order valence-corrected chi connectivity index (χ0v) is 24.2. The predicted octanol–water partition coefficient (Wildman–Crippen LogP) is 11.0. The zero-order valence-electron chi connectivity index (χ0n) is 24.2. The minimum Gasteiger partial charge on any atom is -0.455 e. The predicted molar refractivity (Wildman–Crippen MR) is 179 cm³/mol. The molecule has 0 bridgehead atoms. The van der Waals surface area contributed by atoms with Crippen molar-refractivity contribution in [1.29, 1.82) is 0 Å². The van der Waals surface area contributed by atoms with Gasteiger partial charge in [-0.3, -0.25) is 4.57 Å². The van der Waals surface area contributed by atoms with E-state index in [1.165, 1.54) is 22.3 Å². The van der Waals surface area contributed by atoms with E-state index < -0.39 is 0 Å². The van der Waals surface area contributed by atoms with Gasteiger partial charge in [-0.05, 0) is 76.2 Å². The maximum atomic E-state index is 6.69. The average molecular weight is 555 g/mol. The Morgan fingerprint density at radius 2 is 1.26 bits per heavy atom. The summed E-state index contributed by atoms with van der Waals surface area (Å²) in [5.74, 6) is 1.19. The molecule has 2 heterocycles. The molecule has 3 heteroatoms. The van der Waals surface area contributed by atoms with Gasteiger partial charge in [-0.25, -0.2) is 4.98 Å². The van der Waals surface area contributed by atoms with E-state index in [4.69, 9.17) is 9.40 Å². The van der Waals surface area contributed by atoms with Crippen molar-refractivity contribution in [1.82, 2.24) is 9.55 Å². The van der Waals surface area contributed by atoms with Gasteiger partial charge >= 0.3 is 0 Å². The van der Waals surface area contributed by atoms with Crippen molar-refractivity contribution in [2.45, 2.75) is 19.8 Å². The normalized spacial score (nSPS) is 11.7. The fourth-order valence-electron chi connectivity index (χ4n) is 6.27. The first-order chi connectivity index (χ1) is 21.2. The highest BCUT2D eigenvalue weighted by molar-refractivity contribution is 6.10. The van der Waals surface area contributed by atoms with Crippen molar-refractivity contribution in [2.75, 3.05) is 0 Å². The quantitative estimate of drug-likeness (QED) is 0.212. The van der Waals surface area contributed by atoms with Gasteiger partial charge in [-0.2, -0.15) is 0 Å². The van der Waals surface area contributed by atoms with Crippen LogP contribution in [-0.2, 0) is 0 Å². The molecule has 206 valence electrons. The van der Waals surface area contributed by atoms with E-state index in [-0.39, 0.29) is 0 Å². The number of furan rings is 1. The minimum atomic E-state index is 0.311. The van der Waals surface area contributed by atoms with Crippen LogP contribution in [0.2, 0.25) is 0 Å². The topological polar surface area (TPSA) is 31.0 Å². The monoisotopic (exact) mass is 554 g/mol. The van der Waals surface area contributed by atoms with Crippen LogP contribution in [0.4, 0.5) is 0 Å². The fraction of sp³-hybridized carbons (Fsp3) is 0.0750. The van der Waals surface area contributed by atoms with Crippen LogP contribution in [0.25, 0.3) is 72.3 Å². The number of rotatable bonds is 5. The van der Waals surface area contributed by atoms with Gasteiger partial charge in [0.2, 0.25) is 0 Å². The van der Waals surface area contributed by atoms with E-state index in [0.29, 0.717) is 5.92 Å². The van der Waals surface area contributed by atoms with Crippen LogP contribution in [0, 0.1) is 0 Å². The number of aromatic nitrogens is 2. The summed E-state index contributed by atoms with van der Waals surface area (Å²) in [7, 11) is 0. The van der Waals surface area contributed by atoms with Crippen molar-refractivity contribution in [3.63, 3.8) is 0 Å². The van der Waals surface area contributed by atoms with E-state index in [1.807, 2.05) is 6.07 Å². The second-order valence-corrected chi connectivity index (χ2v) is 11.4. The molecule has 3 nitrogen and oxygen atoms in total. The average Bonchev–Trinajstić information content (AvgIpc) is 3.63. The summed E-state index contributed by atoms with van der Waals surface area (Å²) in [5, 5.41) is 2.20. The molecule has 8 rings (SSSR count). The molecule has 0 fully saturated rings. The Bertz CT molecular complexity index is 2260. The van der Waals surface area contributed by atoms with E-state index in [1.54, 1.807) is 0 Å². The molecule has 0 spiro atoms. The lowest BCUT2D eigenvalue weighted by molar-refractivity contribution is 0.669. The molecule has 6 aromatic carbocycles. The Hall–Kier alpha value is -5.41. The van der Waals surface area contributed by atoms with Crippen LogP contribution < -0.4 is 0 Å². The molecule has 0 aliphatic rings. The Kier molecular flexibility index (Phi) is 5.97. The van der Waals surface area contributed by atoms with Gasteiger partial charge in [0.25, 0.3) is 0 Å². The highest BCUT2D eigenvalue weighted by Gasteiger charge is 2.22. The molecule has 0 atom stereocenters. The van der Waals surface area contributed by atoms with E-state index in [9.17, 15) is 0 Å². The van der Waals surface area contributed by atoms with Crippen LogP contribution >= 0.6 is 0 Å². The van der Waals surface area contributed by atoms with E-state index >= 15 is 0 Å². The van der Waals surface area contributed by atoms with Crippen LogP contribution in [-0.4, -0.2) is 9.55 Å². The van der Waals surface area contributed by atoms with Gasteiger partial charge in [-0.1, -0.05) is 111 Å². The van der Waals surface area contributed by atoms with Crippen molar-refractivity contribution in [3.05, 3.63) is 145 Å². The molecule has 0 amide bonds. The van der Waals surface area contributed by atoms with Crippen molar-refractivity contribution in [3.8, 4) is 39.3 Å². The number of benzene rings is 6. The van der Waals surface area contributed by atoms with Crippen LogP contribution in [0.5, 0.6) is 0 Å². The van der Waals surface area contributed by atoms with Crippen molar-refractivity contribution in [2.24, 2.45) is 0 Å². The molecule has 0 radical (unpaired) electrons. The van der Waals surface area contributed by atoms with Gasteiger partial charge in [0.1, 0.15) is 17.0 Å². The Labute approximate surface area is 250 Å². The maximum Gasteiger partial charge on any atom is 0.149 e. The van der Waals surface area contributed by atoms with Crippen LogP contribution in [0.15, 0.2) is 144 Å².